The Labute approximate surface area is 135 Å². The third kappa shape index (κ3) is 1.92. The Morgan fingerprint density at radius 1 is 1.48 bits per heavy atom. The molecule has 21 heavy (non-hydrogen) atoms. The fourth-order valence-corrected chi connectivity index (χ4v) is 5.44. The highest BCUT2D eigenvalue weighted by Gasteiger charge is 2.56. The van der Waals surface area contributed by atoms with Crippen molar-refractivity contribution in [2.45, 2.75) is 19.3 Å². The Hall–Kier alpha value is -1.13. The van der Waals surface area contributed by atoms with Gasteiger partial charge in [-0.2, -0.15) is 0 Å². The standard InChI is InChI=1S/C17H15BrO2S/c1-10-5-12-8-20-16(19)17(12,6-10)7-11-9-21-15-13(11)3-2-4-14(15)18/h2-4,9,12H,1,5-8H2. The van der Waals surface area contributed by atoms with E-state index in [-0.39, 0.29) is 11.4 Å². The number of fused-ring (bicyclic) bond motifs is 2. The largest absolute Gasteiger partial charge is 0.465 e. The maximum Gasteiger partial charge on any atom is 0.313 e. The summed E-state index contributed by atoms with van der Waals surface area (Å²) in [6.07, 6.45) is 2.48. The van der Waals surface area contributed by atoms with E-state index in [0.717, 1.165) is 23.7 Å². The molecular formula is C17H15BrO2S. The summed E-state index contributed by atoms with van der Waals surface area (Å²) in [6.45, 7) is 4.67. The van der Waals surface area contributed by atoms with E-state index in [9.17, 15) is 4.79 Å². The number of allylic oxidation sites excluding steroid dienone is 1. The van der Waals surface area contributed by atoms with Gasteiger partial charge in [-0.1, -0.05) is 24.3 Å². The number of esters is 1. The molecule has 1 aliphatic heterocycles. The Morgan fingerprint density at radius 3 is 3.19 bits per heavy atom. The van der Waals surface area contributed by atoms with Crippen LogP contribution < -0.4 is 0 Å². The van der Waals surface area contributed by atoms with Crippen molar-refractivity contribution in [2.75, 3.05) is 6.61 Å². The zero-order valence-electron chi connectivity index (χ0n) is 11.5. The van der Waals surface area contributed by atoms with Crippen molar-refractivity contribution >= 4 is 43.3 Å². The number of halogens is 1. The topological polar surface area (TPSA) is 26.3 Å². The summed E-state index contributed by atoms with van der Waals surface area (Å²) in [7, 11) is 0. The van der Waals surface area contributed by atoms with Crippen molar-refractivity contribution in [3.05, 3.63) is 45.8 Å². The second-order valence-corrected chi connectivity index (χ2v) is 7.87. The molecule has 1 aromatic heterocycles. The number of rotatable bonds is 2. The summed E-state index contributed by atoms with van der Waals surface area (Å²) in [5.41, 5.74) is 2.08. The van der Waals surface area contributed by atoms with Crippen LogP contribution in [0.1, 0.15) is 18.4 Å². The monoisotopic (exact) mass is 362 g/mol. The van der Waals surface area contributed by atoms with Gasteiger partial charge < -0.3 is 4.74 Å². The predicted octanol–water partition coefficient (Wildman–Crippen LogP) is 4.72. The molecule has 1 saturated heterocycles. The summed E-state index contributed by atoms with van der Waals surface area (Å²) in [5, 5.41) is 3.44. The molecule has 1 aromatic carbocycles. The van der Waals surface area contributed by atoms with E-state index in [0.29, 0.717) is 12.5 Å². The van der Waals surface area contributed by atoms with Gasteiger partial charge >= 0.3 is 5.97 Å². The van der Waals surface area contributed by atoms with Gasteiger partial charge in [-0.25, -0.2) is 0 Å². The Morgan fingerprint density at radius 2 is 2.33 bits per heavy atom. The van der Waals surface area contributed by atoms with Crippen LogP contribution in [0, 0.1) is 11.3 Å². The van der Waals surface area contributed by atoms with Crippen molar-refractivity contribution < 1.29 is 9.53 Å². The average molecular weight is 363 g/mol. The molecule has 4 heteroatoms. The van der Waals surface area contributed by atoms with Gasteiger partial charge in [0, 0.05) is 15.1 Å². The van der Waals surface area contributed by atoms with Crippen LogP contribution in [0.2, 0.25) is 0 Å². The quantitative estimate of drug-likeness (QED) is 0.570. The number of hydrogen-bond acceptors (Lipinski definition) is 3. The fourth-order valence-electron chi connectivity index (χ4n) is 3.81. The Bertz CT molecular complexity index is 763. The SMILES string of the molecule is C=C1CC2COC(=O)C2(Cc2csc3c(Br)cccc23)C1. The zero-order chi connectivity index (χ0) is 14.6. The molecule has 1 saturated carbocycles. The van der Waals surface area contributed by atoms with Crippen LogP contribution in [0.4, 0.5) is 0 Å². The molecule has 2 aromatic rings. The first-order chi connectivity index (χ1) is 10.1. The van der Waals surface area contributed by atoms with Crippen LogP contribution in [0.25, 0.3) is 10.1 Å². The van der Waals surface area contributed by atoms with Crippen LogP contribution >= 0.6 is 27.3 Å². The van der Waals surface area contributed by atoms with E-state index < -0.39 is 0 Å². The van der Waals surface area contributed by atoms with Crippen LogP contribution in [0.15, 0.2) is 40.2 Å². The summed E-state index contributed by atoms with van der Waals surface area (Å²) >= 11 is 5.34. The molecule has 2 atom stereocenters. The third-order valence-corrected chi connectivity index (χ3v) is 6.84. The van der Waals surface area contributed by atoms with Crippen molar-refractivity contribution in [1.82, 2.24) is 0 Å². The zero-order valence-corrected chi connectivity index (χ0v) is 13.9. The highest BCUT2D eigenvalue weighted by Crippen LogP contribution is 2.53. The summed E-state index contributed by atoms with van der Waals surface area (Å²) in [4.78, 5) is 12.4. The van der Waals surface area contributed by atoms with Gasteiger partial charge in [0.2, 0.25) is 0 Å². The number of ether oxygens (including phenoxy) is 1. The highest BCUT2D eigenvalue weighted by atomic mass is 79.9. The van der Waals surface area contributed by atoms with Crippen molar-refractivity contribution in [3.63, 3.8) is 0 Å². The van der Waals surface area contributed by atoms with Crippen LogP contribution in [0.5, 0.6) is 0 Å². The van der Waals surface area contributed by atoms with Gasteiger partial charge in [0.05, 0.1) is 12.0 Å². The lowest BCUT2D eigenvalue weighted by Gasteiger charge is -2.23. The minimum Gasteiger partial charge on any atom is -0.465 e. The second-order valence-electron chi connectivity index (χ2n) is 6.14. The number of benzene rings is 1. The lowest BCUT2D eigenvalue weighted by Crippen LogP contribution is -2.31. The van der Waals surface area contributed by atoms with Gasteiger partial charge in [0.1, 0.15) is 0 Å². The van der Waals surface area contributed by atoms with Crippen molar-refractivity contribution in [2.24, 2.45) is 11.3 Å². The first-order valence-corrected chi connectivity index (χ1v) is 8.76. The summed E-state index contributed by atoms with van der Waals surface area (Å²) in [6, 6.07) is 6.25. The van der Waals surface area contributed by atoms with Crippen LogP contribution in [0.3, 0.4) is 0 Å². The Kier molecular flexibility index (Phi) is 3.02. The molecule has 0 N–H and O–H groups in total. The van der Waals surface area contributed by atoms with E-state index in [2.05, 4.69) is 46.1 Å². The van der Waals surface area contributed by atoms with Crippen LogP contribution in [-0.2, 0) is 16.0 Å². The average Bonchev–Trinajstić information content (AvgIpc) is 3.07. The number of hydrogen-bond donors (Lipinski definition) is 0. The Balaban J connectivity index is 1.78. The molecule has 2 fully saturated rings. The molecule has 0 radical (unpaired) electrons. The molecule has 0 amide bonds. The maximum atomic E-state index is 12.4. The molecule has 108 valence electrons. The minimum atomic E-state index is -0.368. The molecule has 0 spiro atoms. The van der Waals surface area contributed by atoms with Gasteiger partial charge in [-0.05, 0) is 57.6 Å². The maximum absolute atomic E-state index is 12.4. The van der Waals surface area contributed by atoms with E-state index in [4.69, 9.17) is 4.74 Å². The molecule has 2 unspecified atom stereocenters. The first-order valence-electron chi connectivity index (χ1n) is 7.08. The van der Waals surface area contributed by atoms with Gasteiger partial charge in [0.25, 0.3) is 0 Å². The first kappa shape index (κ1) is 13.5. The van der Waals surface area contributed by atoms with Crippen LogP contribution in [-0.4, -0.2) is 12.6 Å². The number of cyclic esters (lactones) is 1. The lowest BCUT2D eigenvalue weighted by atomic mass is 9.75. The molecule has 1 aliphatic carbocycles. The van der Waals surface area contributed by atoms with Crippen molar-refractivity contribution in [3.8, 4) is 0 Å². The highest BCUT2D eigenvalue weighted by molar-refractivity contribution is 9.10. The number of carbonyl (C=O) groups is 1. The van der Waals surface area contributed by atoms with Gasteiger partial charge in [0.15, 0.2) is 0 Å². The predicted molar refractivity (Wildman–Crippen MR) is 88.5 cm³/mol. The molecule has 2 nitrogen and oxygen atoms in total. The van der Waals surface area contributed by atoms with Gasteiger partial charge in [-0.15, -0.1) is 11.3 Å². The molecular weight excluding hydrogens is 348 g/mol. The molecule has 0 bridgehead atoms. The molecule has 4 rings (SSSR count). The minimum absolute atomic E-state index is 0.0273. The van der Waals surface area contributed by atoms with Crippen molar-refractivity contribution in [1.29, 1.82) is 0 Å². The fraction of sp³-hybridized carbons (Fsp3) is 0.353. The summed E-state index contributed by atoms with van der Waals surface area (Å²) < 4.78 is 7.74. The summed E-state index contributed by atoms with van der Waals surface area (Å²) in [5.74, 6) is 0.278. The molecule has 2 heterocycles. The van der Waals surface area contributed by atoms with E-state index >= 15 is 0 Å². The van der Waals surface area contributed by atoms with E-state index in [1.807, 2.05) is 0 Å². The van der Waals surface area contributed by atoms with E-state index in [1.165, 1.54) is 21.2 Å². The second kappa shape index (κ2) is 4.68. The molecule has 2 aliphatic rings. The third-order valence-electron chi connectivity index (χ3n) is 4.84. The lowest BCUT2D eigenvalue weighted by molar-refractivity contribution is -0.146. The number of thiophene rings is 1. The number of carbonyl (C=O) groups excluding carboxylic acids is 1. The normalized spacial score (nSPS) is 28.1. The smallest absolute Gasteiger partial charge is 0.313 e. The van der Waals surface area contributed by atoms with E-state index in [1.54, 1.807) is 11.3 Å². The van der Waals surface area contributed by atoms with Gasteiger partial charge in [-0.3, -0.25) is 4.79 Å².